The number of nitrogens with zero attached hydrogens (tertiary/aromatic N) is 4. The van der Waals surface area contributed by atoms with Crippen molar-refractivity contribution in [3.63, 3.8) is 0 Å². The molecule has 1 unspecified atom stereocenters. The molecule has 2 N–H and O–H groups in total. The number of alkyl halides is 3. The van der Waals surface area contributed by atoms with E-state index >= 15 is 0 Å². The number of halogens is 4. The van der Waals surface area contributed by atoms with Crippen molar-refractivity contribution in [2.45, 2.75) is 26.1 Å². The number of piperazine rings is 1. The van der Waals surface area contributed by atoms with Crippen molar-refractivity contribution in [3.8, 4) is 0 Å². The molecular weight excluding hydrogens is 480 g/mol. The average molecular weight is 506 g/mol. The van der Waals surface area contributed by atoms with Crippen LogP contribution in [0.2, 0.25) is 0 Å². The van der Waals surface area contributed by atoms with Gasteiger partial charge in [0.2, 0.25) is 5.91 Å². The summed E-state index contributed by atoms with van der Waals surface area (Å²) in [6, 6.07) is -1.89. The first-order chi connectivity index (χ1) is 12.2. The standard InChI is InChI=1S/C15H25F3N6O2.HI/c1-3-19-13(20-4-5-24-12(25)10-21-14(24)26)23-8-6-22(7-9-23)11(2)15(16,17)18;/h11H,3-10H2,1-2H3,(H,19,20)(H,21,26);1H. The largest absolute Gasteiger partial charge is 0.403 e. The normalized spacial score (nSPS) is 20.4. The maximum atomic E-state index is 12.8. The summed E-state index contributed by atoms with van der Waals surface area (Å²) in [6.45, 7) is 5.53. The Morgan fingerprint density at radius 2 is 1.89 bits per heavy atom. The van der Waals surface area contributed by atoms with E-state index in [1.807, 2.05) is 11.8 Å². The van der Waals surface area contributed by atoms with Crippen LogP contribution in [0.3, 0.4) is 0 Å². The minimum Gasteiger partial charge on any atom is -0.357 e. The summed E-state index contributed by atoms with van der Waals surface area (Å²) in [4.78, 5) is 31.9. The van der Waals surface area contributed by atoms with Crippen LogP contribution in [-0.4, -0.2) is 97.2 Å². The number of imide groups is 1. The lowest BCUT2D eigenvalue weighted by atomic mass is 10.2. The van der Waals surface area contributed by atoms with E-state index in [1.165, 1.54) is 11.8 Å². The second-order valence-electron chi connectivity index (χ2n) is 6.18. The van der Waals surface area contributed by atoms with Gasteiger partial charge in [0.25, 0.3) is 0 Å². The van der Waals surface area contributed by atoms with Gasteiger partial charge in [-0.25, -0.2) is 4.79 Å². The van der Waals surface area contributed by atoms with Gasteiger partial charge in [-0.05, 0) is 13.8 Å². The summed E-state index contributed by atoms with van der Waals surface area (Å²) < 4.78 is 38.5. The van der Waals surface area contributed by atoms with Crippen LogP contribution < -0.4 is 10.6 Å². The zero-order valence-corrected chi connectivity index (χ0v) is 17.7. The molecule has 2 rings (SSSR count). The van der Waals surface area contributed by atoms with Gasteiger partial charge in [-0.1, -0.05) is 0 Å². The van der Waals surface area contributed by atoms with Crippen molar-refractivity contribution in [1.29, 1.82) is 0 Å². The molecular formula is C15H26F3IN6O2. The Hall–Kier alpha value is -1.31. The molecule has 0 aromatic heterocycles. The van der Waals surface area contributed by atoms with Gasteiger partial charge in [0.05, 0.1) is 19.6 Å². The molecule has 2 heterocycles. The number of hydrogen-bond acceptors (Lipinski definition) is 4. The fourth-order valence-electron chi connectivity index (χ4n) is 2.89. The first-order valence-electron chi connectivity index (χ1n) is 8.66. The van der Waals surface area contributed by atoms with Crippen molar-refractivity contribution in [2.75, 3.05) is 52.4 Å². The molecule has 0 radical (unpaired) electrons. The zero-order valence-electron chi connectivity index (χ0n) is 15.4. The topological polar surface area (TPSA) is 80.3 Å². The first-order valence-corrected chi connectivity index (χ1v) is 8.66. The van der Waals surface area contributed by atoms with E-state index in [-0.39, 0.29) is 62.6 Å². The average Bonchev–Trinajstić information content (AvgIpc) is 2.91. The lowest BCUT2D eigenvalue weighted by molar-refractivity contribution is -0.181. The smallest absolute Gasteiger partial charge is 0.357 e. The molecule has 0 bridgehead atoms. The number of aliphatic imine (C=N–C) groups is 1. The molecule has 0 aromatic carbocycles. The fourth-order valence-corrected chi connectivity index (χ4v) is 2.89. The van der Waals surface area contributed by atoms with Gasteiger partial charge in [0, 0.05) is 32.7 Å². The maximum Gasteiger partial charge on any atom is 0.403 e. The third-order valence-electron chi connectivity index (χ3n) is 4.49. The SMILES string of the molecule is CCNC(=NCCN1C(=O)CNC1=O)N1CCN(C(C)C(F)(F)F)CC1.I. The van der Waals surface area contributed by atoms with Gasteiger partial charge in [0.1, 0.15) is 6.04 Å². The quantitative estimate of drug-likeness (QED) is 0.249. The highest BCUT2D eigenvalue weighted by Crippen LogP contribution is 2.25. The van der Waals surface area contributed by atoms with Crippen molar-refractivity contribution in [3.05, 3.63) is 0 Å². The molecule has 27 heavy (non-hydrogen) atoms. The van der Waals surface area contributed by atoms with Crippen molar-refractivity contribution in [2.24, 2.45) is 4.99 Å². The van der Waals surface area contributed by atoms with Crippen LogP contribution in [0, 0.1) is 0 Å². The Kier molecular flexibility index (Phi) is 9.05. The highest BCUT2D eigenvalue weighted by Gasteiger charge is 2.41. The van der Waals surface area contributed by atoms with E-state index in [9.17, 15) is 22.8 Å². The second kappa shape index (κ2) is 10.3. The Bertz CT molecular complexity index is 536. The van der Waals surface area contributed by atoms with Crippen molar-refractivity contribution < 1.29 is 22.8 Å². The summed E-state index contributed by atoms with van der Waals surface area (Å²) in [5.74, 6) is 0.295. The molecule has 2 aliphatic rings. The zero-order chi connectivity index (χ0) is 19.3. The molecule has 2 saturated heterocycles. The molecule has 0 aliphatic carbocycles. The number of nitrogens with one attached hydrogen (secondary N) is 2. The monoisotopic (exact) mass is 506 g/mol. The van der Waals surface area contributed by atoms with Crippen LogP contribution in [0.4, 0.5) is 18.0 Å². The highest BCUT2D eigenvalue weighted by molar-refractivity contribution is 14.0. The molecule has 2 fully saturated rings. The number of rotatable bonds is 5. The van der Waals surface area contributed by atoms with Gasteiger partial charge in [0.15, 0.2) is 5.96 Å². The molecule has 1 atom stereocenters. The summed E-state index contributed by atoms with van der Waals surface area (Å²) in [6.07, 6.45) is -4.23. The van der Waals surface area contributed by atoms with Crippen molar-refractivity contribution in [1.82, 2.24) is 25.3 Å². The van der Waals surface area contributed by atoms with E-state index in [1.54, 1.807) is 0 Å². The van der Waals surface area contributed by atoms with Gasteiger partial charge in [-0.3, -0.25) is 19.6 Å². The first kappa shape index (κ1) is 23.7. The van der Waals surface area contributed by atoms with Gasteiger partial charge in [-0.2, -0.15) is 13.2 Å². The Morgan fingerprint density at radius 1 is 1.26 bits per heavy atom. The predicted molar refractivity (Wildman–Crippen MR) is 105 cm³/mol. The Balaban J connectivity index is 0.00000364. The van der Waals surface area contributed by atoms with E-state index in [0.717, 1.165) is 4.90 Å². The van der Waals surface area contributed by atoms with Crippen molar-refractivity contribution >= 4 is 41.9 Å². The molecule has 8 nitrogen and oxygen atoms in total. The number of hydrogen-bond donors (Lipinski definition) is 2. The van der Waals surface area contributed by atoms with Crippen LogP contribution in [0.25, 0.3) is 0 Å². The lowest BCUT2D eigenvalue weighted by Crippen LogP contribution is -2.56. The minimum atomic E-state index is -4.23. The molecule has 3 amide bonds. The Morgan fingerprint density at radius 3 is 2.37 bits per heavy atom. The summed E-state index contributed by atoms with van der Waals surface area (Å²) in [5.41, 5.74) is 0. The van der Waals surface area contributed by atoms with E-state index in [4.69, 9.17) is 0 Å². The van der Waals surface area contributed by atoms with Crippen LogP contribution in [0.5, 0.6) is 0 Å². The van der Waals surface area contributed by atoms with E-state index in [0.29, 0.717) is 25.6 Å². The van der Waals surface area contributed by atoms with Crippen LogP contribution in [0.1, 0.15) is 13.8 Å². The van der Waals surface area contributed by atoms with E-state index in [2.05, 4.69) is 15.6 Å². The predicted octanol–water partition coefficient (Wildman–Crippen LogP) is 0.690. The summed E-state index contributed by atoms with van der Waals surface area (Å²) >= 11 is 0. The maximum absolute atomic E-state index is 12.8. The van der Waals surface area contributed by atoms with Gasteiger partial charge in [-0.15, -0.1) is 24.0 Å². The van der Waals surface area contributed by atoms with Gasteiger partial charge >= 0.3 is 12.2 Å². The molecule has 2 aliphatic heterocycles. The second-order valence-corrected chi connectivity index (χ2v) is 6.18. The summed E-state index contributed by atoms with van der Waals surface area (Å²) in [7, 11) is 0. The molecule has 0 aromatic rings. The van der Waals surface area contributed by atoms with E-state index < -0.39 is 18.2 Å². The molecule has 12 heteroatoms. The van der Waals surface area contributed by atoms with Crippen LogP contribution in [0.15, 0.2) is 4.99 Å². The molecule has 0 spiro atoms. The number of carbonyl (C=O) groups excluding carboxylic acids is 2. The molecule has 156 valence electrons. The third-order valence-corrected chi connectivity index (χ3v) is 4.49. The number of urea groups is 1. The minimum absolute atomic E-state index is 0. The Labute approximate surface area is 173 Å². The lowest BCUT2D eigenvalue weighted by Gasteiger charge is -2.39. The highest BCUT2D eigenvalue weighted by atomic mass is 127. The summed E-state index contributed by atoms with van der Waals surface area (Å²) in [5, 5.41) is 5.54. The van der Waals surface area contributed by atoms with Crippen LogP contribution in [-0.2, 0) is 4.79 Å². The van der Waals surface area contributed by atoms with Crippen LogP contribution >= 0.6 is 24.0 Å². The van der Waals surface area contributed by atoms with Gasteiger partial charge < -0.3 is 15.5 Å². The number of amides is 3. The molecule has 0 saturated carbocycles. The number of guanidine groups is 1. The number of carbonyl (C=O) groups is 2. The fraction of sp³-hybridized carbons (Fsp3) is 0.800. The third kappa shape index (κ3) is 6.36.